The second-order valence-corrected chi connectivity index (χ2v) is 6.94. The van der Waals surface area contributed by atoms with Crippen molar-refractivity contribution in [3.63, 3.8) is 0 Å². The Morgan fingerprint density at radius 2 is 1.95 bits per heavy atom. The van der Waals surface area contributed by atoms with E-state index in [1.165, 1.54) is 4.90 Å². The van der Waals surface area contributed by atoms with E-state index in [1.807, 2.05) is 0 Å². The smallest absolute Gasteiger partial charge is 0.329 e. The molecule has 2 amide bonds. The molecule has 3 rings (SSSR count). The van der Waals surface area contributed by atoms with Gasteiger partial charge in [-0.3, -0.25) is 0 Å². The van der Waals surface area contributed by atoms with Gasteiger partial charge in [-0.15, -0.1) is 0 Å². The standard InChI is InChI=1S/C15H24N2O4/c1-15(13(19)20)6-2-3-7-17(15)14(21)16-8-10-4-5-12(18)11(10)9-16/h10-12,18H,2-9H2,1H3,(H,19,20). The largest absolute Gasteiger partial charge is 0.480 e. The maximum atomic E-state index is 12.8. The first kappa shape index (κ1) is 14.6. The second kappa shape index (κ2) is 5.16. The Morgan fingerprint density at radius 3 is 2.62 bits per heavy atom. The number of carboxylic acid groups (broad SMARTS) is 1. The first-order valence-electron chi connectivity index (χ1n) is 7.91. The van der Waals surface area contributed by atoms with E-state index in [9.17, 15) is 19.8 Å². The summed E-state index contributed by atoms with van der Waals surface area (Å²) in [6.45, 7) is 3.39. The van der Waals surface area contributed by atoms with Gasteiger partial charge in [0, 0.05) is 25.6 Å². The number of urea groups is 1. The summed E-state index contributed by atoms with van der Waals surface area (Å²) in [4.78, 5) is 27.7. The fraction of sp³-hybridized carbons (Fsp3) is 0.867. The fourth-order valence-corrected chi connectivity index (χ4v) is 4.21. The van der Waals surface area contributed by atoms with Gasteiger partial charge >= 0.3 is 12.0 Å². The molecule has 4 atom stereocenters. The van der Waals surface area contributed by atoms with Crippen LogP contribution < -0.4 is 0 Å². The minimum absolute atomic E-state index is 0.166. The monoisotopic (exact) mass is 296 g/mol. The number of amides is 2. The quantitative estimate of drug-likeness (QED) is 0.760. The number of hydrogen-bond donors (Lipinski definition) is 2. The van der Waals surface area contributed by atoms with Crippen LogP contribution >= 0.6 is 0 Å². The molecule has 0 aromatic carbocycles. The van der Waals surface area contributed by atoms with Crippen molar-refractivity contribution >= 4 is 12.0 Å². The molecule has 0 radical (unpaired) electrons. The number of likely N-dealkylation sites (tertiary alicyclic amines) is 2. The van der Waals surface area contributed by atoms with E-state index < -0.39 is 11.5 Å². The molecule has 0 aromatic rings. The van der Waals surface area contributed by atoms with Crippen LogP contribution in [0.4, 0.5) is 4.79 Å². The SMILES string of the molecule is CC1(C(=O)O)CCCCN1C(=O)N1CC2CCC(O)C2C1. The van der Waals surface area contributed by atoms with Gasteiger partial charge in [-0.25, -0.2) is 9.59 Å². The highest BCUT2D eigenvalue weighted by Crippen LogP contribution is 2.39. The van der Waals surface area contributed by atoms with Crippen molar-refractivity contribution in [1.29, 1.82) is 0 Å². The fourth-order valence-electron chi connectivity index (χ4n) is 4.21. The summed E-state index contributed by atoms with van der Waals surface area (Å²) >= 11 is 0. The second-order valence-electron chi connectivity index (χ2n) is 6.94. The van der Waals surface area contributed by atoms with Gasteiger partial charge in [0.1, 0.15) is 5.54 Å². The summed E-state index contributed by atoms with van der Waals surface area (Å²) in [6.07, 6.45) is 3.70. The van der Waals surface area contributed by atoms with E-state index in [0.29, 0.717) is 32.0 Å². The van der Waals surface area contributed by atoms with E-state index >= 15 is 0 Å². The van der Waals surface area contributed by atoms with Crippen LogP contribution in [0.25, 0.3) is 0 Å². The van der Waals surface area contributed by atoms with E-state index in [0.717, 1.165) is 25.7 Å². The first-order chi connectivity index (χ1) is 9.93. The average molecular weight is 296 g/mol. The summed E-state index contributed by atoms with van der Waals surface area (Å²) in [5.41, 5.74) is -1.09. The van der Waals surface area contributed by atoms with Crippen LogP contribution in [-0.4, -0.2) is 63.3 Å². The molecular weight excluding hydrogens is 272 g/mol. The normalized spacial score (nSPS) is 39.4. The molecule has 118 valence electrons. The van der Waals surface area contributed by atoms with Crippen molar-refractivity contribution in [3.05, 3.63) is 0 Å². The lowest BCUT2D eigenvalue weighted by atomic mass is 9.89. The third kappa shape index (κ3) is 2.29. The number of carbonyl (C=O) groups is 2. The van der Waals surface area contributed by atoms with Gasteiger partial charge in [0.15, 0.2) is 0 Å². The topological polar surface area (TPSA) is 81.1 Å². The van der Waals surface area contributed by atoms with Gasteiger partial charge < -0.3 is 20.0 Å². The maximum absolute atomic E-state index is 12.8. The van der Waals surface area contributed by atoms with Crippen molar-refractivity contribution < 1.29 is 19.8 Å². The minimum Gasteiger partial charge on any atom is -0.480 e. The van der Waals surface area contributed by atoms with Crippen LogP contribution in [0.3, 0.4) is 0 Å². The zero-order valence-corrected chi connectivity index (χ0v) is 12.5. The van der Waals surface area contributed by atoms with Gasteiger partial charge in [0.2, 0.25) is 0 Å². The third-order valence-corrected chi connectivity index (χ3v) is 5.67. The van der Waals surface area contributed by atoms with E-state index in [4.69, 9.17) is 0 Å². The Hall–Kier alpha value is -1.30. The van der Waals surface area contributed by atoms with Crippen molar-refractivity contribution in [1.82, 2.24) is 9.80 Å². The summed E-state index contributed by atoms with van der Waals surface area (Å²) in [5.74, 6) is -0.366. The molecular formula is C15H24N2O4. The molecule has 2 aliphatic heterocycles. The van der Waals surface area contributed by atoms with Gasteiger partial charge in [-0.2, -0.15) is 0 Å². The first-order valence-corrected chi connectivity index (χ1v) is 7.91. The lowest BCUT2D eigenvalue weighted by Crippen LogP contribution is -2.60. The number of fused-ring (bicyclic) bond motifs is 1. The molecule has 21 heavy (non-hydrogen) atoms. The van der Waals surface area contributed by atoms with Gasteiger partial charge in [0.25, 0.3) is 0 Å². The van der Waals surface area contributed by atoms with Crippen LogP contribution in [-0.2, 0) is 4.79 Å². The summed E-state index contributed by atoms with van der Waals surface area (Å²) in [7, 11) is 0. The summed E-state index contributed by atoms with van der Waals surface area (Å²) in [5, 5.41) is 19.5. The number of piperidine rings is 1. The van der Waals surface area contributed by atoms with Crippen molar-refractivity contribution in [2.75, 3.05) is 19.6 Å². The molecule has 2 heterocycles. The van der Waals surface area contributed by atoms with Crippen molar-refractivity contribution in [2.24, 2.45) is 11.8 Å². The molecule has 3 fully saturated rings. The minimum atomic E-state index is -1.09. The molecule has 2 saturated heterocycles. The molecule has 6 heteroatoms. The molecule has 0 aromatic heterocycles. The predicted octanol–water partition coefficient (Wildman–Crippen LogP) is 1.14. The highest BCUT2D eigenvalue weighted by Gasteiger charge is 2.49. The molecule has 3 aliphatic rings. The molecule has 6 nitrogen and oxygen atoms in total. The highest BCUT2D eigenvalue weighted by molar-refractivity contribution is 5.86. The third-order valence-electron chi connectivity index (χ3n) is 5.67. The van der Waals surface area contributed by atoms with Crippen LogP contribution in [0, 0.1) is 11.8 Å². The summed E-state index contributed by atoms with van der Waals surface area (Å²) in [6, 6.07) is -0.166. The van der Waals surface area contributed by atoms with Crippen LogP contribution in [0.5, 0.6) is 0 Å². The molecule has 1 saturated carbocycles. The number of carboxylic acids is 1. The number of carbonyl (C=O) groups excluding carboxylic acids is 1. The highest BCUT2D eigenvalue weighted by atomic mass is 16.4. The number of aliphatic hydroxyl groups excluding tert-OH is 1. The van der Waals surface area contributed by atoms with Crippen LogP contribution in [0.1, 0.15) is 39.0 Å². The van der Waals surface area contributed by atoms with Gasteiger partial charge in [-0.1, -0.05) is 0 Å². The number of nitrogens with zero attached hydrogens (tertiary/aromatic N) is 2. The molecule has 0 spiro atoms. The average Bonchev–Trinajstić information content (AvgIpc) is 3.01. The zero-order valence-electron chi connectivity index (χ0n) is 12.5. The Labute approximate surface area is 124 Å². The molecule has 0 bridgehead atoms. The lowest BCUT2D eigenvalue weighted by Gasteiger charge is -2.43. The number of hydrogen-bond acceptors (Lipinski definition) is 3. The van der Waals surface area contributed by atoms with Crippen molar-refractivity contribution in [2.45, 2.75) is 50.7 Å². The Kier molecular flexibility index (Phi) is 3.59. The Balaban J connectivity index is 1.74. The zero-order chi connectivity index (χ0) is 15.2. The van der Waals surface area contributed by atoms with E-state index in [-0.39, 0.29) is 18.1 Å². The van der Waals surface area contributed by atoms with Gasteiger partial charge in [-0.05, 0) is 44.9 Å². The van der Waals surface area contributed by atoms with Crippen molar-refractivity contribution in [3.8, 4) is 0 Å². The number of rotatable bonds is 1. The van der Waals surface area contributed by atoms with E-state index in [2.05, 4.69) is 0 Å². The van der Waals surface area contributed by atoms with Crippen LogP contribution in [0.15, 0.2) is 0 Å². The number of aliphatic carboxylic acids is 1. The number of aliphatic hydroxyl groups is 1. The van der Waals surface area contributed by atoms with Crippen LogP contribution in [0.2, 0.25) is 0 Å². The predicted molar refractivity (Wildman–Crippen MR) is 75.8 cm³/mol. The molecule has 1 aliphatic carbocycles. The Bertz CT molecular complexity index is 455. The summed E-state index contributed by atoms with van der Waals surface area (Å²) < 4.78 is 0. The lowest BCUT2D eigenvalue weighted by molar-refractivity contribution is -0.150. The van der Waals surface area contributed by atoms with Gasteiger partial charge in [0.05, 0.1) is 6.10 Å². The Morgan fingerprint density at radius 1 is 1.19 bits per heavy atom. The molecule has 2 N–H and O–H groups in total. The van der Waals surface area contributed by atoms with E-state index in [1.54, 1.807) is 11.8 Å². The molecule has 4 unspecified atom stereocenters. The maximum Gasteiger partial charge on any atom is 0.329 e.